The number of carbonyl (C=O) groups excluding carboxylic acids is 1. The summed E-state index contributed by atoms with van der Waals surface area (Å²) in [6, 6.07) is 3.50. The first kappa shape index (κ1) is 16.0. The van der Waals surface area contributed by atoms with Crippen LogP contribution >= 0.6 is 0 Å². The molecule has 1 aromatic carbocycles. The number of carbonyl (C=O) groups is 1. The molecule has 2 heterocycles. The number of ether oxygens (including phenoxy) is 3. The zero-order valence-electron chi connectivity index (χ0n) is 13.5. The van der Waals surface area contributed by atoms with Gasteiger partial charge in [0.15, 0.2) is 11.5 Å². The highest BCUT2D eigenvalue weighted by molar-refractivity contribution is 5.76. The minimum absolute atomic E-state index is 0.00935. The van der Waals surface area contributed by atoms with Crippen LogP contribution < -0.4 is 25.5 Å². The second-order valence-electron chi connectivity index (χ2n) is 5.59. The number of primary amides is 1. The van der Waals surface area contributed by atoms with Gasteiger partial charge in [-0.05, 0) is 24.6 Å². The van der Waals surface area contributed by atoms with Crippen LogP contribution in [0.5, 0.6) is 17.2 Å². The van der Waals surface area contributed by atoms with Crippen LogP contribution in [0.15, 0.2) is 16.9 Å². The number of hydrogen-bond acceptors (Lipinski definition) is 5. The van der Waals surface area contributed by atoms with Crippen molar-refractivity contribution in [2.24, 2.45) is 5.73 Å². The summed E-state index contributed by atoms with van der Waals surface area (Å²) in [7, 11) is 1.52. The first-order valence-corrected chi connectivity index (χ1v) is 7.54. The van der Waals surface area contributed by atoms with Crippen molar-refractivity contribution >= 4 is 5.91 Å². The van der Waals surface area contributed by atoms with Gasteiger partial charge in [0.2, 0.25) is 11.7 Å². The summed E-state index contributed by atoms with van der Waals surface area (Å²) in [4.78, 5) is 23.7. The van der Waals surface area contributed by atoms with E-state index in [1.807, 2.05) is 0 Å². The van der Waals surface area contributed by atoms with Crippen molar-refractivity contribution in [2.75, 3.05) is 20.3 Å². The molecular weight excluding hydrogens is 314 g/mol. The van der Waals surface area contributed by atoms with Crippen LogP contribution in [0.25, 0.3) is 0 Å². The van der Waals surface area contributed by atoms with Gasteiger partial charge in [0.05, 0.1) is 7.11 Å². The number of aromatic nitrogens is 2. The largest absolute Gasteiger partial charge is 0.493 e. The van der Waals surface area contributed by atoms with Crippen LogP contribution in [0.3, 0.4) is 0 Å². The standard InChI is InChI=1S/C16H19N3O5/c1-8-14(16(21)19-18-8)10(7-13(17)20)9-5-11(22-2)15-12(6-9)23-3-4-24-15/h5-6,10H,3-4,7H2,1-2H3,(H2,17,20)(H2,18,19,21)/t10-/m0/s1. The van der Waals surface area contributed by atoms with E-state index >= 15 is 0 Å². The highest BCUT2D eigenvalue weighted by atomic mass is 16.6. The molecule has 4 N–H and O–H groups in total. The third-order valence-corrected chi connectivity index (χ3v) is 4.02. The average molecular weight is 333 g/mol. The van der Waals surface area contributed by atoms with Gasteiger partial charge in [-0.3, -0.25) is 14.7 Å². The third kappa shape index (κ3) is 2.82. The summed E-state index contributed by atoms with van der Waals surface area (Å²) in [6.45, 7) is 2.62. The van der Waals surface area contributed by atoms with Crippen LogP contribution in [0.1, 0.15) is 29.2 Å². The Labute approximate surface area is 137 Å². The molecule has 0 radical (unpaired) electrons. The van der Waals surface area contributed by atoms with Gasteiger partial charge in [0.1, 0.15) is 13.2 Å². The molecule has 0 saturated heterocycles. The fraction of sp³-hybridized carbons (Fsp3) is 0.375. The van der Waals surface area contributed by atoms with E-state index in [1.54, 1.807) is 19.1 Å². The Balaban J connectivity index is 2.14. The molecule has 24 heavy (non-hydrogen) atoms. The van der Waals surface area contributed by atoms with Crippen molar-refractivity contribution < 1.29 is 19.0 Å². The molecule has 0 aliphatic carbocycles. The quantitative estimate of drug-likeness (QED) is 0.747. The molecule has 1 amide bonds. The normalized spacial score (nSPS) is 14.2. The third-order valence-electron chi connectivity index (χ3n) is 4.02. The first-order chi connectivity index (χ1) is 11.5. The van der Waals surface area contributed by atoms with Gasteiger partial charge in [-0.25, -0.2) is 0 Å². The Morgan fingerprint density at radius 3 is 2.71 bits per heavy atom. The molecule has 8 heteroatoms. The van der Waals surface area contributed by atoms with E-state index in [9.17, 15) is 9.59 Å². The molecule has 1 atom stereocenters. The Hall–Kier alpha value is -2.90. The van der Waals surface area contributed by atoms with Crippen LogP contribution in [-0.2, 0) is 4.79 Å². The molecule has 0 bridgehead atoms. The number of nitrogens with two attached hydrogens (primary N) is 1. The topological polar surface area (TPSA) is 119 Å². The summed E-state index contributed by atoms with van der Waals surface area (Å²) in [5.74, 6) is 0.511. The molecule has 2 aromatic rings. The molecule has 0 unspecified atom stereocenters. The van der Waals surface area contributed by atoms with Crippen molar-refractivity contribution in [1.82, 2.24) is 10.2 Å². The second kappa shape index (κ2) is 6.31. The van der Waals surface area contributed by atoms with Crippen molar-refractivity contribution in [1.29, 1.82) is 0 Å². The van der Waals surface area contributed by atoms with Gasteiger partial charge >= 0.3 is 0 Å². The maximum Gasteiger partial charge on any atom is 0.267 e. The monoisotopic (exact) mass is 333 g/mol. The molecule has 0 saturated carbocycles. The van der Waals surface area contributed by atoms with E-state index in [4.69, 9.17) is 19.9 Å². The molecule has 1 aliphatic heterocycles. The maximum absolute atomic E-state index is 12.2. The van der Waals surface area contributed by atoms with Crippen molar-refractivity contribution in [2.45, 2.75) is 19.3 Å². The number of rotatable bonds is 5. The first-order valence-electron chi connectivity index (χ1n) is 7.54. The second-order valence-corrected chi connectivity index (χ2v) is 5.59. The van der Waals surface area contributed by atoms with Gasteiger partial charge in [-0.1, -0.05) is 0 Å². The van der Waals surface area contributed by atoms with Gasteiger partial charge < -0.3 is 25.0 Å². The molecule has 1 aliphatic rings. The van der Waals surface area contributed by atoms with Crippen molar-refractivity contribution in [3.05, 3.63) is 39.3 Å². The molecule has 128 valence electrons. The minimum Gasteiger partial charge on any atom is -0.493 e. The van der Waals surface area contributed by atoms with Crippen LogP contribution in [0, 0.1) is 6.92 Å². The van der Waals surface area contributed by atoms with Gasteiger partial charge in [-0.2, -0.15) is 0 Å². The van der Waals surface area contributed by atoms with Gasteiger partial charge in [0, 0.05) is 23.6 Å². The summed E-state index contributed by atoms with van der Waals surface area (Å²) in [5.41, 5.74) is 6.93. The number of hydrogen-bond donors (Lipinski definition) is 3. The van der Waals surface area contributed by atoms with E-state index in [0.717, 1.165) is 0 Å². The minimum atomic E-state index is -0.512. The maximum atomic E-state index is 12.2. The zero-order valence-corrected chi connectivity index (χ0v) is 13.5. The predicted octanol–water partition coefficient (Wildman–Crippen LogP) is 0.799. The molecule has 0 fully saturated rings. The Kier molecular flexibility index (Phi) is 4.20. The van der Waals surface area contributed by atoms with E-state index in [1.165, 1.54) is 7.11 Å². The van der Waals surface area contributed by atoms with Gasteiger partial charge in [-0.15, -0.1) is 0 Å². The zero-order chi connectivity index (χ0) is 17.3. The average Bonchev–Trinajstić information content (AvgIpc) is 2.90. The summed E-state index contributed by atoms with van der Waals surface area (Å²) in [6.07, 6.45) is -0.00935. The number of aromatic amines is 2. The predicted molar refractivity (Wildman–Crippen MR) is 85.8 cm³/mol. The number of fused-ring (bicyclic) bond motifs is 1. The van der Waals surface area contributed by atoms with E-state index < -0.39 is 11.8 Å². The lowest BCUT2D eigenvalue weighted by molar-refractivity contribution is -0.118. The number of nitrogens with one attached hydrogen (secondary N) is 2. The Morgan fingerprint density at radius 2 is 2.08 bits per heavy atom. The van der Waals surface area contributed by atoms with Gasteiger partial charge in [0.25, 0.3) is 5.56 Å². The SMILES string of the molecule is COc1cc([C@H](CC(N)=O)c2c(C)[nH][nH]c2=O)cc2c1OCCO2. The number of benzene rings is 1. The number of methoxy groups -OCH3 is 1. The van der Waals surface area contributed by atoms with Crippen molar-refractivity contribution in [3.8, 4) is 17.2 Å². The summed E-state index contributed by atoms with van der Waals surface area (Å²) < 4.78 is 16.6. The highest BCUT2D eigenvalue weighted by Crippen LogP contribution is 2.43. The molecule has 3 rings (SSSR count). The molecule has 1 aromatic heterocycles. The molecule has 0 spiro atoms. The smallest absolute Gasteiger partial charge is 0.267 e. The van der Waals surface area contributed by atoms with Crippen LogP contribution in [-0.4, -0.2) is 36.4 Å². The fourth-order valence-electron chi connectivity index (χ4n) is 2.96. The fourth-order valence-corrected chi connectivity index (χ4v) is 2.96. The lowest BCUT2D eigenvalue weighted by Gasteiger charge is -2.23. The van der Waals surface area contributed by atoms with Crippen LogP contribution in [0.4, 0.5) is 0 Å². The number of amides is 1. The number of H-pyrrole nitrogens is 2. The summed E-state index contributed by atoms with van der Waals surface area (Å²) in [5, 5.41) is 5.31. The lowest BCUT2D eigenvalue weighted by Crippen LogP contribution is -2.21. The highest BCUT2D eigenvalue weighted by Gasteiger charge is 2.27. The van der Waals surface area contributed by atoms with E-state index in [-0.39, 0.29) is 12.0 Å². The lowest BCUT2D eigenvalue weighted by atomic mass is 9.88. The van der Waals surface area contributed by atoms with E-state index in [2.05, 4.69) is 10.2 Å². The number of aryl methyl sites for hydroxylation is 1. The Bertz CT molecular complexity index is 806. The Morgan fingerprint density at radius 1 is 1.33 bits per heavy atom. The van der Waals surface area contributed by atoms with Crippen molar-refractivity contribution in [3.63, 3.8) is 0 Å². The van der Waals surface area contributed by atoms with E-state index in [0.29, 0.717) is 47.3 Å². The van der Waals surface area contributed by atoms with Crippen LogP contribution in [0.2, 0.25) is 0 Å². The molecular formula is C16H19N3O5. The summed E-state index contributed by atoms with van der Waals surface area (Å²) >= 11 is 0. The molecule has 8 nitrogen and oxygen atoms in total.